The highest BCUT2D eigenvalue weighted by molar-refractivity contribution is 5.81. The van der Waals surface area contributed by atoms with Crippen molar-refractivity contribution in [2.45, 2.75) is 39.7 Å². The fourth-order valence-electron chi connectivity index (χ4n) is 1.73. The van der Waals surface area contributed by atoms with Crippen molar-refractivity contribution in [1.29, 1.82) is 0 Å². The normalized spacial score (nSPS) is 12.6. The van der Waals surface area contributed by atoms with Crippen LogP contribution >= 0.6 is 0 Å². The molecular formula is C15H29NO3. The number of nitrogens with zero attached hydrogens (tertiary/aromatic N) is 1. The number of likely N-dealkylation sites (N-methyl/N-ethyl adjacent to an activating group) is 1. The van der Waals surface area contributed by atoms with Gasteiger partial charge in [-0.2, -0.15) is 0 Å². The minimum Gasteiger partial charge on any atom is -0.466 e. The van der Waals surface area contributed by atoms with Gasteiger partial charge in [-0.15, -0.1) is 0 Å². The number of ether oxygens (including phenoxy) is 2. The van der Waals surface area contributed by atoms with Gasteiger partial charge in [-0.1, -0.05) is 19.9 Å². The summed E-state index contributed by atoms with van der Waals surface area (Å²) in [7, 11) is 3.39. The Balaban J connectivity index is 3.98. The molecule has 112 valence electrons. The zero-order valence-electron chi connectivity index (χ0n) is 13.2. The summed E-state index contributed by atoms with van der Waals surface area (Å²) in [6.45, 7) is 10.9. The van der Waals surface area contributed by atoms with E-state index in [4.69, 9.17) is 4.74 Å². The number of carbonyl (C=O) groups excluding carboxylic acids is 1. The van der Waals surface area contributed by atoms with Gasteiger partial charge in [0, 0.05) is 25.8 Å². The average molecular weight is 271 g/mol. The molecule has 0 saturated carbocycles. The molecule has 0 unspecified atom stereocenters. The molecule has 0 aliphatic heterocycles. The highest BCUT2D eigenvalue weighted by atomic mass is 16.5. The second-order valence-corrected chi connectivity index (χ2v) is 5.91. The Labute approximate surface area is 117 Å². The lowest BCUT2D eigenvalue weighted by molar-refractivity contribution is -0.134. The Kier molecular flexibility index (Phi) is 8.68. The number of carbonyl (C=O) groups is 1. The van der Waals surface area contributed by atoms with Crippen LogP contribution in [0.3, 0.4) is 0 Å². The lowest BCUT2D eigenvalue weighted by atomic mass is 10.1. The number of rotatable bonds is 9. The molecule has 0 atom stereocenters. The molecule has 0 spiro atoms. The first-order chi connectivity index (χ1) is 8.76. The molecule has 0 radical (unpaired) electrons. The second-order valence-electron chi connectivity index (χ2n) is 5.91. The largest absolute Gasteiger partial charge is 0.466 e. The number of hydrogen-bond donors (Lipinski definition) is 0. The molecule has 4 heteroatoms. The molecule has 0 aromatic heterocycles. The molecular weight excluding hydrogens is 242 g/mol. The van der Waals surface area contributed by atoms with Gasteiger partial charge >= 0.3 is 5.97 Å². The van der Waals surface area contributed by atoms with E-state index < -0.39 is 0 Å². The van der Waals surface area contributed by atoms with E-state index in [2.05, 4.69) is 37.3 Å². The molecule has 0 bridgehead atoms. The van der Waals surface area contributed by atoms with Crippen LogP contribution in [0.15, 0.2) is 12.2 Å². The fraction of sp³-hybridized carbons (Fsp3) is 0.800. The molecule has 4 nitrogen and oxygen atoms in total. The molecule has 0 aromatic carbocycles. The summed E-state index contributed by atoms with van der Waals surface area (Å²) >= 11 is 0. The van der Waals surface area contributed by atoms with E-state index >= 15 is 0 Å². The lowest BCUT2D eigenvalue weighted by Gasteiger charge is -2.30. The zero-order chi connectivity index (χ0) is 14.9. The third-order valence-electron chi connectivity index (χ3n) is 2.71. The molecule has 0 saturated heterocycles. The smallest absolute Gasteiger partial charge is 0.330 e. The molecule has 0 rings (SSSR count). The summed E-state index contributed by atoms with van der Waals surface area (Å²) in [6, 6.07) is 0. The van der Waals surface area contributed by atoms with Gasteiger partial charge in [0.1, 0.15) is 0 Å². The van der Waals surface area contributed by atoms with E-state index in [1.165, 1.54) is 13.2 Å². The first-order valence-corrected chi connectivity index (χ1v) is 6.84. The first kappa shape index (κ1) is 18.1. The van der Waals surface area contributed by atoms with Crippen molar-refractivity contribution in [3.8, 4) is 0 Å². The Morgan fingerprint density at radius 1 is 1.37 bits per heavy atom. The quantitative estimate of drug-likeness (QED) is 0.477. The third kappa shape index (κ3) is 10.7. The summed E-state index contributed by atoms with van der Waals surface area (Å²) < 4.78 is 10.4. The molecule has 0 amide bonds. The van der Waals surface area contributed by atoms with Crippen molar-refractivity contribution in [1.82, 2.24) is 4.90 Å². The molecule has 0 heterocycles. The SMILES string of the molecule is COC(=O)/C=C/CN(C)CC(C)(C)OCCC(C)C. The van der Waals surface area contributed by atoms with E-state index in [1.807, 2.05) is 7.05 Å². The second kappa shape index (κ2) is 9.10. The highest BCUT2D eigenvalue weighted by Gasteiger charge is 2.20. The van der Waals surface area contributed by atoms with Crippen LogP contribution in [0.1, 0.15) is 34.1 Å². The van der Waals surface area contributed by atoms with Gasteiger partial charge < -0.3 is 9.47 Å². The molecule has 0 aliphatic rings. The van der Waals surface area contributed by atoms with E-state index in [1.54, 1.807) is 6.08 Å². The van der Waals surface area contributed by atoms with Crippen molar-refractivity contribution in [3.63, 3.8) is 0 Å². The van der Waals surface area contributed by atoms with E-state index in [9.17, 15) is 4.79 Å². The predicted molar refractivity (Wildman–Crippen MR) is 78.1 cm³/mol. The lowest BCUT2D eigenvalue weighted by Crippen LogP contribution is -2.39. The van der Waals surface area contributed by atoms with Gasteiger partial charge in [0.15, 0.2) is 0 Å². The average Bonchev–Trinajstić information content (AvgIpc) is 2.26. The van der Waals surface area contributed by atoms with Crippen LogP contribution < -0.4 is 0 Å². The van der Waals surface area contributed by atoms with E-state index in [0.29, 0.717) is 12.5 Å². The Hall–Kier alpha value is -0.870. The maximum Gasteiger partial charge on any atom is 0.330 e. The molecule has 19 heavy (non-hydrogen) atoms. The summed E-state index contributed by atoms with van der Waals surface area (Å²) in [5, 5.41) is 0. The predicted octanol–water partition coefficient (Wildman–Crippen LogP) is 2.49. The summed E-state index contributed by atoms with van der Waals surface area (Å²) in [5.74, 6) is 0.345. The van der Waals surface area contributed by atoms with Crippen LogP contribution in [0.5, 0.6) is 0 Å². The maximum absolute atomic E-state index is 10.9. The molecule has 0 aromatic rings. The minimum absolute atomic E-state index is 0.178. The van der Waals surface area contributed by atoms with E-state index in [0.717, 1.165) is 19.6 Å². The molecule has 0 aliphatic carbocycles. The van der Waals surface area contributed by atoms with Crippen LogP contribution in [-0.2, 0) is 14.3 Å². The summed E-state index contributed by atoms with van der Waals surface area (Å²) in [4.78, 5) is 13.1. The van der Waals surface area contributed by atoms with Crippen LogP contribution in [0.25, 0.3) is 0 Å². The minimum atomic E-state index is -0.319. The van der Waals surface area contributed by atoms with Gasteiger partial charge in [-0.05, 0) is 33.2 Å². The van der Waals surface area contributed by atoms with E-state index in [-0.39, 0.29) is 11.6 Å². The maximum atomic E-state index is 10.9. The molecule has 0 N–H and O–H groups in total. The number of methoxy groups -OCH3 is 1. The van der Waals surface area contributed by atoms with Gasteiger partial charge in [-0.25, -0.2) is 4.79 Å². The first-order valence-electron chi connectivity index (χ1n) is 6.84. The van der Waals surface area contributed by atoms with Crippen molar-refractivity contribution < 1.29 is 14.3 Å². The van der Waals surface area contributed by atoms with Crippen molar-refractivity contribution in [3.05, 3.63) is 12.2 Å². The standard InChI is InChI=1S/C15H29NO3/c1-13(2)9-11-19-15(3,4)12-16(5)10-7-8-14(17)18-6/h7-8,13H,9-12H2,1-6H3/b8-7+. The van der Waals surface area contributed by atoms with Crippen LogP contribution in [0, 0.1) is 5.92 Å². The van der Waals surface area contributed by atoms with Gasteiger partial charge in [0.05, 0.1) is 12.7 Å². The van der Waals surface area contributed by atoms with Crippen molar-refractivity contribution >= 4 is 5.97 Å². The summed E-state index contributed by atoms with van der Waals surface area (Å²) in [5.41, 5.74) is -0.178. The summed E-state index contributed by atoms with van der Waals surface area (Å²) in [6.07, 6.45) is 4.33. The third-order valence-corrected chi connectivity index (χ3v) is 2.71. The molecule has 0 fully saturated rings. The van der Waals surface area contributed by atoms with Crippen molar-refractivity contribution in [2.24, 2.45) is 5.92 Å². The number of esters is 1. The van der Waals surface area contributed by atoms with Crippen LogP contribution in [-0.4, -0.2) is 50.3 Å². The highest BCUT2D eigenvalue weighted by Crippen LogP contribution is 2.12. The number of hydrogen-bond acceptors (Lipinski definition) is 4. The van der Waals surface area contributed by atoms with Crippen LogP contribution in [0.2, 0.25) is 0 Å². The zero-order valence-corrected chi connectivity index (χ0v) is 13.2. The van der Waals surface area contributed by atoms with Gasteiger partial charge in [-0.3, -0.25) is 4.90 Å². The topological polar surface area (TPSA) is 38.8 Å². The fourth-order valence-corrected chi connectivity index (χ4v) is 1.73. The monoisotopic (exact) mass is 271 g/mol. The van der Waals surface area contributed by atoms with Gasteiger partial charge in [0.25, 0.3) is 0 Å². The van der Waals surface area contributed by atoms with Gasteiger partial charge in [0.2, 0.25) is 0 Å². The Bertz CT molecular complexity index is 285. The van der Waals surface area contributed by atoms with Crippen molar-refractivity contribution in [2.75, 3.05) is 33.9 Å². The van der Waals surface area contributed by atoms with Crippen LogP contribution in [0.4, 0.5) is 0 Å². The Morgan fingerprint density at radius 3 is 2.53 bits per heavy atom. The Morgan fingerprint density at radius 2 is 2.00 bits per heavy atom.